The zero-order valence-electron chi connectivity index (χ0n) is 7.56. The largest absolute Gasteiger partial charge is 0.343 e. The van der Waals surface area contributed by atoms with Crippen LogP contribution in [0.3, 0.4) is 0 Å². The molecule has 0 unspecified atom stereocenters. The molecule has 0 saturated carbocycles. The molecule has 1 aliphatic heterocycles. The first kappa shape index (κ1) is 9.31. The molecular formula is C7H7N5O3. The molecule has 0 radical (unpaired) electrons. The van der Waals surface area contributed by atoms with Crippen molar-refractivity contribution in [3.8, 4) is 0 Å². The van der Waals surface area contributed by atoms with Gasteiger partial charge in [0.2, 0.25) is 12.4 Å². The zero-order valence-corrected chi connectivity index (χ0v) is 7.56. The molecule has 0 aliphatic carbocycles. The van der Waals surface area contributed by atoms with Gasteiger partial charge in [0.05, 0.1) is 6.54 Å². The molecule has 15 heavy (non-hydrogen) atoms. The van der Waals surface area contributed by atoms with Crippen LogP contribution in [0.5, 0.6) is 0 Å². The van der Waals surface area contributed by atoms with Crippen LogP contribution in [0.2, 0.25) is 0 Å². The average molecular weight is 209 g/mol. The Bertz CT molecular complexity index is 392. The quantitative estimate of drug-likeness (QED) is 0.571. The third-order valence-electron chi connectivity index (χ3n) is 1.68. The van der Waals surface area contributed by atoms with E-state index >= 15 is 0 Å². The summed E-state index contributed by atoms with van der Waals surface area (Å²) in [5, 5.41) is 8.12. The highest BCUT2D eigenvalue weighted by Gasteiger charge is 2.24. The molecule has 1 saturated heterocycles. The van der Waals surface area contributed by atoms with Gasteiger partial charge in [-0.05, 0) is 0 Å². The van der Waals surface area contributed by atoms with Crippen LogP contribution in [0.15, 0.2) is 15.9 Å². The molecule has 2 rings (SSSR count). The van der Waals surface area contributed by atoms with Crippen molar-refractivity contribution < 1.29 is 14.1 Å². The number of carbonyl (C=O) groups excluding carboxylic acids is 2. The Kier molecular flexibility index (Phi) is 2.40. The first-order chi connectivity index (χ1) is 7.25. The van der Waals surface area contributed by atoms with Gasteiger partial charge in [-0.1, -0.05) is 5.16 Å². The molecule has 2 amide bonds. The van der Waals surface area contributed by atoms with Gasteiger partial charge in [0, 0.05) is 6.42 Å². The predicted molar refractivity (Wildman–Crippen MR) is 46.6 cm³/mol. The molecule has 1 aromatic heterocycles. The predicted octanol–water partition coefficient (Wildman–Crippen LogP) is -1.79. The smallest absolute Gasteiger partial charge is 0.316 e. The lowest BCUT2D eigenvalue weighted by Crippen LogP contribution is -2.26. The summed E-state index contributed by atoms with van der Waals surface area (Å²) in [4.78, 5) is 29.2. The third-order valence-corrected chi connectivity index (χ3v) is 1.68. The van der Waals surface area contributed by atoms with Gasteiger partial charge in [0.25, 0.3) is 0 Å². The van der Waals surface area contributed by atoms with Gasteiger partial charge in [0.15, 0.2) is 5.82 Å². The van der Waals surface area contributed by atoms with Crippen molar-refractivity contribution in [2.45, 2.75) is 6.42 Å². The van der Waals surface area contributed by atoms with E-state index in [0.717, 1.165) is 0 Å². The lowest BCUT2D eigenvalue weighted by Gasteiger charge is -1.94. The number of guanidine groups is 1. The van der Waals surface area contributed by atoms with Crippen LogP contribution >= 0.6 is 0 Å². The van der Waals surface area contributed by atoms with Crippen LogP contribution in [0.25, 0.3) is 0 Å². The van der Waals surface area contributed by atoms with Crippen LogP contribution in [0.4, 0.5) is 0 Å². The minimum Gasteiger partial charge on any atom is -0.343 e. The molecular weight excluding hydrogens is 202 g/mol. The molecule has 0 atom stereocenters. The van der Waals surface area contributed by atoms with E-state index in [1.807, 2.05) is 0 Å². The molecule has 8 heteroatoms. The maximum Gasteiger partial charge on any atom is 0.316 e. The number of hydrogen-bond donors (Lipinski definition) is 2. The fraction of sp³-hybridized carbons (Fsp3) is 0.286. The van der Waals surface area contributed by atoms with E-state index in [0.29, 0.717) is 18.8 Å². The zero-order chi connectivity index (χ0) is 10.7. The second kappa shape index (κ2) is 3.86. The molecule has 2 N–H and O–H groups in total. The number of amides is 2. The van der Waals surface area contributed by atoms with Crippen molar-refractivity contribution in [3.05, 3.63) is 12.2 Å². The van der Waals surface area contributed by atoms with Crippen LogP contribution in [-0.2, 0) is 16.0 Å². The lowest BCUT2D eigenvalue weighted by atomic mass is 10.4. The number of nitrogens with one attached hydrogen (secondary N) is 2. The van der Waals surface area contributed by atoms with Gasteiger partial charge in [-0.25, -0.2) is 0 Å². The van der Waals surface area contributed by atoms with Crippen molar-refractivity contribution >= 4 is 17.8 Å². The first-order valence-electron chi connectivity index (χ1n) is 4.18. The normalized spacial score (nSPS) is 15.1. The molecule has 8 nitrogen and oxygen atoms in total. The van der Waals surface area contributed by atoms with Crippen molar-refractivity contribution in [1.82, 2.24) is 20.8 Å². The van der Waals surface area contributed by atoms with E-state index in [1.165, 1.54) is 6.39 Å². The Labute approximate surface area is 83.8 Å². The summed E-state index contributed by atoms with van der Waals surface area (Å²) in [6, 6.07) is 0. The Balaban J connectivity index is 1.85. The third kappa shape index (κ3) is 2.16. The Morgan fingerprint density at radius 1 is 1.33 bits per heavy atom. The number of hydrogen-bond acceptors (Lipinski definition) is 6. The van der Waals surface area contributed by atoms with E-state index in [-0.39, 0.29) is 5.96 Å². The Morgan fingerprint density at radius 3 is 2.67 bits per heavy atom. The highest BCUT2D eigenvalue weighted by Crippen LogP contribution is 1.91. The molecule has 0 spiro atoms. The van der Waals surface area contributed by atoms with E-state index < -0.39 is 11.8 Å². The van der Waals surface area contributed by atoms with Gasteiger partial charge in [-0.15, -0.1) is 0 Å². The summed E-state index contributed by atoms with van der Waals surface area (Å²) < 4.78 is 4.52. The standard InChI is InChI=1S/C7H7N5O3/c13-5-6(14)11-7(10-5)8-2-1-4-9-3-15-12-4/h3H,1-2H2,(H2,8,10,11,13,14). The summed E-state index contributed by atoms with van der Waals surface area (Å²) >= 11 is 0. The topological polar surface area (TPSA) is 109 Å². The fourth-order valence-electron chi connectivity index (χ4n) is 1.01. The van der Waals surface area contributed by atoms with Crippen molar-refractivity contribution in [2.24, 2.45) is 4.99 Å². The van der Waals surface area contributed by atoms with Crippen molar-refractivity contribution in [2.75, 3.05) is 6.54 Å². The van der Waals surface area contributed by atoms with Crippen LogP contribution in [0.1, 0.15) is 5.82 Å². The first-order valence-corrected chi connectivity index (χ1v) is 4.18. The monoisotopic (exact) mass is 209 g/mol. The molecule has 2 heterocycles. The molecule has 78 valence electrons. The number of rotatable bonds is 3. The molecule has 1 fully saturated rings. The number of carbonyl (C=O) groups is 2. The molecule has 1 aliphatic rings. The second-order valence-corrected chi connectivity index (χ2v) is 2.74. The summed E-state index contributed by atoms with van der Waals surface area (Å²) in [6.07, 6.45) is 1.70. The van der Waals surface area contributed by atoms with Crippen LogP contribution in [0, 0.1) is 0 Å². The summed E-state index contributed by atoms with van der Waals surface area (Å²) in [7, 11) is 0. The van der Waals surface area contributed by atoms with Crippen molar-refractivity contribution in [1.29, 1.82) is 0 Å². The van der Waals surface area contributed by atoms with Gasteiger partial charge in [0.1, 0.15) is 0 Å². The van der Waals surface area contributed by atoms with Gasteiger partial charge in [-0.3, -0.25) is 25.2 Å². The Hall–Kier alpha value is -2.25. The summed E-state index contributed by atoms with van der Waals surface area (Å²) in [5.74, 6) is -0.717. The lowest BCUT2D eigenvalue weighted by molar-refractivity contribution is -0.135. The minimum atomic E-state index is -0.701. The highest BCUT2D eigenvalue weighted by atomic mass is 16.5. The number of nitrogens with zero attached hydrogens (tertiary/aromatic N) is 3. The van der Waals surface area contributed by atoms with Gasteiger partial charge in [-0.2, -0.15) is 4.98 Å². The second-order valence-electron chi connectivity index (χ2n) is 2.74. The van der Waals surface area contributed by atoms with E-state index in [1.54, 1.807) is 0 Å². The average Bonchev–Trinajstić information content (AvgIpc) is 2.79. The maximum absolute atomic E-state index is 10.7. The summed E-state index contributed by atoms with van der Waals surface area (Å²) in [6.45, 7) is 0.357. The number of aliphatic imine (C=N–C) groups is 1. The van der Waals surface area contributed by atoms with Gasteiger partial charge >= 0.3 is 11.8 Å². The fourth-order valence-corrected chi connectivity index (χ4v) is 1.01. The van der Waals surface area contributed by atoms with E-state index in [2.05, 4.69) is 30.3 Å². The van der Waals surface area contributed by atoms with E-state index in [9.17, 15) is 9.59 Å². The minimum absolute atomic E-state index is 0.161. The summed E-state index contributed by atoms with van der Waals surface area (Å²) in [5.41, 5.74) is 0. The Morgan fingerprint density at radius 2 is 2.07 bits per heavy atom. The molecule has 0 bridgehead atoms. The van der Waals surface area contributed by atoms with Crippen LogP contribution in [-0.4, -0.2) is 34.5 Å². The molecule has 0 aromatic carbocycles. The van der Waals surface area contributed by atoms with Crippen LogP contribution < -0.4 is 10.6 Å². The van der Waals surface area contributed by atoms with Crippen molar-refractivity contribution in [3.63, 3.8) is 0 Å². The van der Waals surface area contributed by atoms with Gasteiger partial charge < -0.3 is 4.52 Å². The maximum atomic E-state index is 10.7. The number of aromatic nitrogens is 2. The molecule has 1 aromatic rings. The van der Waals surface area contributed by atoms with E-state index in [4.69, 9.17) is 0 Å². The highest BCUT2D eigenvalue weighted by molar-refractivity contribution is 6.45. The SMILES string of the molecule is O=C1NC(=NCCc2ncon2)NC1=O.